The topological polar surface area (TPSA) is 104 Å². The normalized spacial score (nSPS) is 13.7. The molecular formula is C20H21N3O5S. The van der Waals surface area contributed by atoms with E-state index >= 15 is 0 Å². The Bertz CT molecular complexity index is 1090. The monoisotopic (exact) mass is 415 g/mol. The third-order valence-corrected chi connectivity index (χ3v) is 6.87. The zero-order valence-corrected chi connectivity index (χ0v) is 17.1. The minimum Gasteiger partial charge on any atom is -0.322 e. The van der Waals surface area contributed by atoms with Gasteiger partial charge in [0.25, 0.3) is 17.7 Å². The summed E-state index contributed by atoms with van der Waals surface area (Å²) in [5.41, 5.74) is 1.16. The van der Waals surface area contributed by atoms with Crippen molar-refractivity contribution in [1.82, 2.24) is 9.21 Å². The van der Waals surface area contributed by atoms with E-state index in [-0.39, 0.29) is 21.9 Å². The van der Waals surface area contributed by atoms with Gasteiger partial charge in [0, 0.05) is 31.4 Å². The highest BCUT2D eigenvalue weighted by molar-refractivity contribution is 7.89. The van der Waals surface area contributed by atoms with Crippen molar-refractivity contribution in [3.63, 3.8) is 0 Å². The van der Waals surface area contributed by atoms with Crippen LogP contribution < -0.4 is 5.32 Å². The maximum atomic E-state index is 12.5. The molecule has 152 valence electrons. The van der Waals surface area contributed by atoms with Gasteiger partial charge in [0.05, 0.1) is 16.0 Å². The number of nitrogens with zero attached hydrogens (tertiary/aromatic N) is 2. The maximum Gasteiger partial charge on any atom is 0.261 e. The first-order valence-corrected chi connectivity index (χ1v) is 10.5. The van der Waals surface area contributed by atoms with Crippen LogP contribution in [0, 0.1) is 0 Å². The average molecular weight is 415 g/mol. The van der Waals surface area contributed by atoms with E-state index in [2.05, 4.69) is 5.32 Å². The predicted octanol–water partition coefficient (Wildman–Crippen LogP) is 2.20. The molecule has 8 nitrogen and oxygen atoms in total. The molecule has 9 heteroatoms. The molecule has 1 aliphatic heterocycles. The van der Waals surface area contributed by atoms with E-state index in [0.717, 1.165) is 4.90 Å². The molecule has 0 saturated heterocycles. The van der Waals surface area contributed by atoms with Crippen molar-refractivity contribution in [2.24, 2.45) is 0 Å². The third kappa shape index (κ3) is 3.66. The predicted molar refractivity (Wildman–Crippen MR) is 107 cm³/mol. The average Bonchev–Trinajstić information content (AvgIpc) is 2.92. The number of hydrogen-bond donors (Lipinski definition) is 1. The molecule has 3 rings (SSSR count). The third-order valence-electron chi connectivity index (χ3n) is 4.81. The quantitative estimate of drug-likeness (QED) is 0.729. The zero-order valence-electron chi connectivity index (χ0n) is 16.3. The second-order valence-electron chi connectivity index (χ2n) is 6.50. The molecule has 0 spiro atoms. The van der Waals surface area contributed by atoms with E-state index in [0.29, 0.717) is 24.3 Å². The summed E-state index contributed by atoms with van der Waals surface area (Å²) in [6.07, 6.45) is 0. The SMILES string of the molecule is CCN(CC)S(=O)(=O)c1ccc(C(=O)Nc2ccc3c(c2)C(=O)N(C)C3=O)cc1. The van der Waals surface area contributed by atoms with E-state index in [4.69, 9.17) is 0 Å². The van der Waals surface area contributed by atoms with E-state index in [1.165, 1.54) is 47.8 Å². The van der Waals surface area contributed by atoms with Gasteiger partial charge in [-0.3, -0.25) is 19.3 Å². The van der Waals surface area contributed by atoms with Crippen LogP contribution in [0.2, 0.25) is 0 Å². The highest BCUT2D eigenvalue weighted by Crippen LogP contribution is 2.25. The lowest BCUT2D eigenvalue weighted by molar-refractivity contribution is 0.0692. The van der Waals surface area contributed by atoms with Crippen molar-refractivity contribution in [2.75, 3.05) is 25.5 Å². The first-order valence-electron chi connectivity index (χ1n) is 9.08. The molecule has 0 unspecified atom stereocenters. The number of hydrogen-bond acceptors (Lipinski definition) is 5. The fraction of sp³-hybridized carbons (Fsp3) is 0.250. The molecule has 29 heavy (non-hydrogen) atoms. The second kappa shape index (κ2) is 7.76. The van der Waals surface area contributed by atoms with E-state index in [1.807, 2.05) is 0 Å². The standard InChI is InChI=1S/C20H21N3O5S/c1-4-23(5-2)29(27,28)15-9-6-13(7-10-15)18(24)21-14-8-11-16-17(12-14)20(26)22(3)19(16)25/h6-12H,4-5H2,1-3H3,(H,21,24). The van der Waals surface area contributed by atoms with Gasteiger partial charge in [0.1, 0.15) is 0 Å². The fourth-order valence-electron chi connectivity index (χ4n) is 3.13. The van der Waals surface area contributed by atoms with Crippen molar-refractivity contribution in [1.29, 1.82) is 0 Å². The van der Waals surface area contributed by atoms with Crippen LogP contribution in [0.15, 0.2) is 47.4 Å². The van der Waals surface area contributed by atoms with E-state index < -0.39 is 21.8 Å². The molecule has 0 aliphatic carbocycles. The van der Waals surface area contributed by atoms with Crippen LogP contribution in [0.25, 0.3) is 0 Å². The molecule has 0 saturated carbocycles. The Balaban J connectivity index is 1.79. The first-order chi connectivity index (χ1) is 13.7. The molecule has 1 N–H and O–H groups in total. The zero-order chi connectivity index (χ0) is 21.3. The second-order valence-corrected chi connectivity index (χ2v) is 8.44. The van der Waals surface area contributed by atoms with Gasteiger partial charge in [-0.05, 0) is 42.5 Å². The van der Waals surface area contributed by atoms with E-state index in [1.54, 1.807) is 19.9 Å². The van der Waals surface area contributed by atoms with Crippen LogP contribution in [0.5, 0.6) is 0 Å². The fourth-order valence-corrected chi connectivity index (χ4v) is 4.59. The van der Waals surface area contributed by atoms with Crippen LogP contribution in [0.4, 0.5) is 5.69 Å². The van der Waals surface area contributed by atoms with Crippen molar-refractivity contribution in [3.8, 4) is 0 Å². The van der Waals surface area contributed by atoms with Crippen LogP contribution in [0.1, 0.15) is 44.9 Å². The molecule has 1 heterocycles. The molecular weight excluding hydrogens is 394 g/mol. The highest BCUT2D eigenvalue weighted by atomic mass is 32.2. The van der Waals surface area contributed by atoms with Crippen molar-refractivity contribution >= 4 is 33.4 Å². The summed E-state index contributed by atoms with van der Waals surface area (Å²) < 4.78 is 26.4. The summed E-state index contributed by atoms with van der Waals surface area (Å²) in [4.78, 5) is 37.6. The first kappa shape index (κ1) is 20.7. The maximum absolute atomic E-state index is 12.5. The van der Waals surface area contributed by atoms with Gasteiger partial charge in [0.2, 0.25) is 10.0 Å². The number of benzene rings is 2. The molecule has 0 fully saturated rings. The molecule has 0 bridgehead atoms. The molecule has 1 aliphatic rings. The lowest BCUT2D eigenvalue weighted by Crippen LogP contribution is -2.30. The van der Waals surface area contributed by atoms with Crippen molar-refractivity contribution < 1.29 is 22.8 Å². The summed E-state index contributed by atoms with van der Waals surface area (Å²) in [7, 11) is -2.20. The number of nitrogens with one attached hydrogen (secondary N) is 1. The molecule has 0 radical (unpaired) electrons. The number of amides is 3. The Labute approximate surface area is 169 Å². The summed E-state index contributed by atoms with van der Waals surface area (Å²) >= 11 is 0. The van der Waals surface area contributed by atoms with Gasteiger partial charge in [-0.25, -0.2) is 8.42 Å². The van der Waals surface area contributed by atoms with Gasteiger partial charge >= 0.3 is 0 Å². The Morgan fingerprint density at radius 3 is 2.14 bits per heavy atom. The lowest BCUT2D eigenvalue weighted by Gasteiger charge is -2.18. The highest BCUT2D eigenvalue weighted by Gasteiger charge is 2.32. The number of fused-ring (bicyclic) bond motifs is 1. The Morgan fingerprint density at radius 2 is 1.55 bits per heavy atom. The van der Waals surface area contributed by atoms with Crippen LogP contribution >= 0.6 is 0 Å². The Hall–Kier alpha value is -3.04. The number of carbonyl (C=O) groups excluding carboxylic acids is 3. The number of sulfonamides is 1. The van der Waals surface area contributed by atoms with Crippen LogP contribution in [-0.2, 0) is 10.0 Å². The molecule has 2 aromatic rings. The minimum absolute atomic E-state index is 0.113. The summed E-state index contributed by atoms with van der Waals surface area (Å²) in [5.74, 6) is -1.26. The van der Waals surface area contributed by atoms with Crippen LogP contribution in [0.3, 0.4) is 0 Å². The van der Waals surface area contributed by atoms with Crippen molar-refractivity contribution in [2.45, 2.75) is 18.7 Å². The summed E-state index contributed by atoms with van der Waals surface area (Å²) in [6, 6.07) is 10.1. The van der Waals surface area contributed by atoms with Gasteiger partial charge in [-0.15, -0.1) is 0 Å². The van der Waals surface area contributed by atoms with Gasteiger partial charge < -0.3 is 5.32 Å². The molecule has 0 atom stereocenters. The van der Waals surface area contributed by atoms with Crippen LogP contribution in [-0.4, -0.2) is 55.5 Å². The number of imide groups is 1. The molecule has 0 aromatic heterocycles. The number of rotatable bonds is 6. The number of carbonyl (C=O) groups is 3. The van der Waals surface area contributed by atoms with Gasteiger partial charge in [-0.1, -0.05) is 13.8 Å². The summed E-state index contributed by atoms with van der Waals surface area (Å²) in [6.45, 7) is 4.23. The van der Waals surface area contributed by atoms with Crippen molar-refractivity contribution in [3.05, 3.63) is 59.2 Å². The summed E-state index contributed by atoms with van der Waals surface area (Å²) in [5, 5.41) is 2.66. The van der Waals surface area contributed by atoms with Gasteiger partial charge in [-0.2, -0.15) is 4.31 Å². The lowest BCUT2D eigenvalue weighted by atomic mass is 10.1. The Morgan fingerprint density at radius 1 is 0.966 bits per heavy atom. The smallest absolute Gasteiger partial charge is 0.261 e. The minimum atomic E-state index is -3.60. The largest absolute Gasteiger partial charge is 0.322 e. The Kier molecular flexibility index (Phi) is 5.54. The molecule has 3 amide bonds. The molecule has 2 aromatic carbocycles. The number of anilines is 1. The van der Waals surface area contributed by atoms with Gasteiger partial charge in [0.15, 0.2) is 0 Å². The van der Waals surface area contributed by atoms with E-state index in [9.17, 15) is 22.8 Å².